The van der Waals surface area contributed by atoms with Crippen LogP contribution in [0.1, 0.15) is 74.4 Å². The maximum atomic E-state index is 14.0. The summed E-state index contributed by atoms with van der Waals surface area (Å²) in [5, 5.41) is 91.2. The third-order valence-electron chi connectivity index (χ3n) is 12.0. The number of Topliss-reactive ketones (excluding diaryl/α,β-unsaturated/α-hetero) is 1. The number of esters is 1. The van der Waals surface area contributed by atoms with Gasteiger partial charge in [-0.3, -0.25) is 19.7 Å². The largest absolute Gasteiger partial charge is 0.507 e. The number of carbonyl (C=O) groups excluding carboxylic acids is 6. The number of phenols is 2. The summed E-state index contributed by atoms with van der Waals surface area (Å²) in [6.45, 7) is -0.485. The third-order valence-corrected chi connectivity index (χ3v) is 12.0. The average Bonchev–Trinajstić information content (AvgIpc) is 3.31. The van der Waals surface area contributed by atoms with Gasteiger partial charge in [0.1, 0.15) is 60.5 Å². The SMILES string of the molecule is C#CCOC(=O)[C@H]1O[C@@H](OC(=O)Nc2ccc(COC(=O)N[C@H]3C[C@H](O[C@H]4C[C@](O)(C(=O)CO)Cc5c(O)c6c(c(O)c54)C(=O)c4c(OC)cccc4C6=O)O[C@@H](C)[C@H]3O)cc2)[C@H](O)[C@@H](O)[C@@H]1O. The molecule has 2 aliphatic carbocycles. The zero-order valence-corrected chi connectivity index (χ0v) is 36.0. The molecule has 2 aliphatic heterocycles. The second-order valence-electron chi connectivity index (χ2n) is 16.3. The van der Waals surface area contributed by atoms with Crippen LogP contribution in [0.25, 0.3) is 0 Å². The van der Waals surface area contributed by atoms with Gasteiger partial charge in [-0.05, 0) is 30.7 Å². The monoisotopic (exact) mass is 950 g/mol. The summed E-state index contributed by atoms with van der Waals surface area (Å²) in [6.07, 6.45) is -13.7. The molecule has 0 unspecified atom stereocenters. The molecule has 0 aromatic heterocycles. The lowest BCUT2D eigenvalue weighted by Gasteiger charge is -2.42. The molecule has 0 radical (unpaired) electrons. The van der Waals surface area contributed by atoms with Gasteiger partial charge < -0.3 is 79.3 Å². The van der Waals surface area contributed by atoms with Crippen molar-refractivity contribution >= 4 is 41.2 Å². The highest BCUT2D eigenvalue weighted by Crippen LogP contribution is 2.52. The molecular formula is C45H46N2O21. The van der Waals surface area contributed by atoms with Gasteiger partial charge in [-0.1, -0.05) is 30.2 Å². The number of carbonyl (C=O) groups is 6. The van der Waals surface area contributed by atoms with Crippen molar-refractivity contribution in [1.29, 1.82) is 0 Å². The molecule has 3 aromatic rings. The number of fused-ring (bicyclic) bond motifs is 3. The highest BCUT2D eigenvalue weighted by Gasteiger charge is 2.51. The molecule has 2 saturated heterocycles. The van der Waals surface area contributed by atoms with E-state index in [1.54, 1.807) is 0 Å². The fourth-order valence-electron chi connectivity index (χ4n) is 8.47. The maximum absolute atomic E-state index is 14.0. The number of ketones is 3. The Morgan fingerprint density at radius 2 is 1.59 bits per heavy atom. The van der Waals surface area contributed by atoms with Gasteiger partial charge in [-0.2, -0.15) is 0 Å². The molecule has 68 heavy (non-hydrogen) atoms. The normalized spacial score (nSPS) is 28.4. The van der Waals surface area contributed by atoms with Crippen LogP contribution >= 0.6 is 0 Å². The molecule has 2 fully saturated rings. The minimum Gasteiger partial charge on any atom is -0.507 e. The maximum Gasteiger partial charge on any atom is 0.414 e. The second-order valence-corrected chi connectivity index (χ2v) is 16.3. The Kier molecular flexibility index (Phi) is 14.4. The van der Waals surface area contributed by atoms with Crippen molar-refractivity contribution in [2.75, 3.05) is 25.6 Å². The van der Waals surface area contributed by atoms with Crippen LogP contribution in [-0.4, -0.2) is 158 Å². The number of ether oxygens (including phenoxy) is 7. The summed E-state index contributed by atoms with van der Waals surface area (Å²) in [5.74, 6) is -3.52. The molecule has 2 heterocycles. The molecule has 7 rings (SSSR count). The Hall–Kier alpha value is -6.72. The Morgan fingerprint density at radius 3 is 2.26 bits per heavy atom. The average molecular weight is 951 g/mol. The molecule has 3 aromatic carbocycles. The topological polar surface area (TPSA) is 353 Å². The first-order valence-electron chi connectivity index (χ1n) is 20.8. The summed E-state index contributed by atoms with van der Waals surface area (Å²) >= 11 is 0. The Bertz CT molecular complexity index is 2540. The molecule has 2 amide bonds. The smallest absolute Gasteiger partial charge is 0.414 e. The second kappa shape index (κ2) is 19.9. The number of hydrogen-bond acceptors (Lipinski definition) is 21. The van der Waals surface area contributed by atoms with E-state index in [2.05, 4.69) is 10.6 Å². The number of aliphatic hydroxyl groups is 6. The van der Waals surface area contributed by atoms with Crippen LogP contribution in [0.5, 0.6) is 17.2 Å². The predicted octanol–water partition coefficient (Wildman–Crippen LogP) is -0.498. The number of anilines is 1. The Morgan fingerprint density at radius 1 is 0.882 bits per heavy atom. The van der Waals surface area contributed by atoms with E-state index >= 15 is 0 Å². The summed E-state index contributed by atoms with van der Waals surface area (Å²) in [7, 11) is 1.28. The fraction of sp³-hybridized carbons (Fsp3) is 0.422. The number of alkyl carbamates (subject to hydrolysis) is 1. The quantitative estimate of drug-likeness (QED) is 0.0370. The number of benzene rings is 3. The number of hydrogen-bond donors (Lipinski definition) is 10. The van der Waals surface area contributed by atoms with Crippen molar-refractivity contribution < 1.29 is 103 Å². The van der Waals surface area contributed by atoms with Crippen molar-refractivity contribution in [2.24, 2.45) is 0 Å². The van der Waals surface area contributed by atoms with Crippen molar-refractivity contribution in [1.82, 2.24) is 5.32 Å². The van der Waals surface area contributed by atoms with Gasteiger partial charge in [-0.25, -0.2) is 14.4 Å². The van der Waals surface area contributed by atoms with Crippen LogP contribution in [0.2, 0.25) is 0 Å². The standard InChI is InChI=1S/C45H46N2O21/c1-4-12-63-41(58)40-38(56)37(55)39(57)42(67-40)68-44(60)46-20-10-8-19(9-11-20)17-64-43(59)47-23-13-27(65-18(2)32(23)50)66-25-15-45(61,26(49)16-48)14-22-29(25)36(54)31-30(34(22)52)33(51)21-6-5-7-24(62-3)28(21)35(31)53/h1,5-11,18,23,25,27,32,37-40,42,48,50,52,54-57,61H,12-17H2,2-3H3,(H,46,60)(H,47,59)/t18-,23-,25-,27-,32+,37-,38-,39+,40-,42-,45-/m0/s1. The number of amides is 2. The van der Waals surface area contributed by atoms with Crippen LogP contribution in [-0.2, 0) is 51.0 Å². The summed E-state index contributed by atoms with van der Waals surface area (Å²) in [4.78, 5) is 78.6. The van der Waals surface area contributed by atoms with Gasteiger partial charge >= 0.3 is 18.2 Å². The summed E-state index contributed by atoms with van der Waals surface area (Å²) < 4.78 is 37.6. The number of aliphatic hydroxyl groups excluding tert-OH is 5. The molecule has 0 saturated carbocycles. The number of phenolic OH excluding ortho intramolecular Hbond substituents is 2. The Balaban J connectivity index is 1.00. The Labute approximate surface area is 385 Å². The molecule has 0 bridgehead atoms. The number of rotatable bonds is 12. The lowest BCUT2D eigenvalue weighted by molar-refractivity contribution is -0.278. The van der Waals surface area contributed by atoms with Crippen LogP contribution < -0.4 is 15.4 Å². The lowest BCUT2D eigenvalue weighted by atomic mass is 9.72. The van der Waals surface area contributed by atoms with Crippen molar-refractivity contribution in [3.8, 4) is 29.6 Å². The number of nitrogens with one attached hydrogen (secondary N) is 2. The summed E-state index contributed by atoms with van der Waals surface area (Å²) in [5.41, 5.74) is -3.90. The first kappa shape index (κ1) is 49.2. The highest BCUT2D eigenvalue weighted by atomic mass is 16.7. The molecule has 23 heteroatoms. The fourth-order valence-corrected chi connectivity index (χ4v) is 8.47. The van der Waals surface area contributed by atoms with E-state index in [1.165, 1.54) is 56.5 Å². The van der Waals surface area contributed by atoms with E-state index < -0.39 is 151 Å². The van der Waals surface area contributed by atoms with E-state index in [-0.39, 0.29) is 46.7 Å². The van der Waals surface area contributed by atoms with E-state index in [9.17, 15) is 69.6 Å². The van der Waals surface area contributed by atoms with E-state index in [1.807, 2.05) is 5.92 Å². The predicted molar refractivity (Wildman–Crippen MR) is 224 cm³/mol. The lowest BCUT2D eigenvalue weighted by Crippen LogP contribution is -2.61. The highest BCUT2D eigenvalue weighted by molar-refractivity contribution is 6.31. The molecule has 11 atom stereocenters. The van der Waals surface area contributed by atoms with Crippen LogP contribution in [0.4, 0.5) is 15.3 Å². The molecule has 23 nitrogen and oxygen atoms in total. The van der Waals surface area contributed by atoms with E-state index in [4.69, 9.17) is 39.6 Å². The molecule has 10 N–H and O–H groups in total. The number of aromatic hydroxyl groups is 2. The van der Waals surface area contributed by atoms with Gasteiger partial charge in [0.15, 0.2) is 30.6 Å². The molecule has 4 aliphatic rings. The first-order valence-corrected chi connectivity index (χ1v) is 20.8. The molecule has 0 spiro atoms. The van der Waals surface area contributed by atoms with Gasteiger partial charge in [-0.15, -0.1) is 6.42 Å². The van der Waals surface area contributed by atoms with Gasteiger partial charge in [0.05, 0.1) is 42.0 Å². The van der Waals surface area contributed by atoms with Crippen LogP contribution in [0.15, 0.2) is 42.5 Å². The van der Waals surface area contributed by atoms with Crippen molar-refractivity contribution in [2.45, 2.75) is 99.7 Å². The minimum absolute atomic E-state index is 0.0186. The van der Waals surface area contributed by atoms with Crippen molar-refractivity contribution in [3.05, 3.63) is 81.4 Å². The first-order chi connectivity index (χ1) is 32.3. The molecular weight excluding hydrogens is 904 g/mol. The van der Waals surface area contributed by atoms with Crippen molar-refractivity contribution in [3.63, 3.8) is 0 Å². The molecule has 362 valence electrons. The van der Waals surface area contributed by atoms with Gasteiger partial charge in [0.2, 0.25) is 12.1 Å². The zero-order valence-electron chi connectivity index (χ0n) is 36.0. The van der Waals surface area contributed by atoms with Gasteiger partial charge in [0, 0.05) is 41.6 Å². The van der Waals surface area contributed by atoms with Gasteiger partial charge in [0.25, 0.3) is 0 Å². The van der Waals surface area contributed by atoms with Crippen LogP contribution in [0, 0.1) is 12.3 Å². The summed E-state index contributed by atoms with van der Waals surface area (Å²) in [6, 6.07) is 8.77. The van der Waals surface area contributed by atoms with E-state index in [0.29, 0.717) is 5.56 Å². The minimum atomic E-state index is -2.42. The van der Waals surface area contributed by atoms with E-state index in [0.717, 1.165) is 0 Å². The third kappa shape index (κ3) is 9.41. The number of methoxy groups -OCH3 is 1. The zero-order chi connectivity index (χ0) is 49.4. The number of terminal acetylenes is 1. The van der Waals surface area contributed by atoms with Crippen LogP contribution in [0.3, 0.4) is 0 Å².